The molecule has 0 bridgehead atoms. The number of anilines is 2. The van der Waals surface area contributed by atoms with E-state index in [-0.39, 0.29) is 29.7 Å². The fourth-order valence-electron chi connectivity index (χ4n) is 8.94. The third-order valence-electron chi connectivity index (χ3n) is 11.2. The summed E-state index contributed by atoms with van der Waals surface area (Å²) in [5.74, 6) is -8.10. The predicted octanol–water partition coefficient (Wildman–Crippen LogP) is 4.98. The van der Waals surface area contributed by atoms with E-state index in [1.54, 1.807) is 42.5 Å². The number of allylic oxidation sites excluding steroid dienone is 2. The standard InChI is InChI=1S/C38H28BCl2F3N4O7/c40-22-9-7-19(8-10-22)37-28(34(51)48(36(37)53)46-32-29(41)14-20(17-45-32)38(42,43)44)16-27-25(31(37)18-3-1-6-24(49)13-18)11-12-26-30(27)35(52)47(33(26)50)23-5-2-4-21(15-23)39(54)55/h1-11,13-15,17,26-28,30-31,49,54-55H,12,16H2,(H,45,46)/t26-,27+,28-,30-,31-,37+/m0/s1. The Hall–Kier alpha value is -5.22. The Labute approximate surface area is 321 Å². The summed E-state index contributed by atoms with van der Waals surface area (Å²) >= 11 is 12.5. The van der Waals surface area contributed by atoms with Gasteiger partial charge < -0.3 is 15.2 Å². The lowest BCUT2D eigenvalue weighted by Crippen LogP contribution is -2.53. The van der Waals surface area contributed by atoms with E-state index in [1.807, 2.05) is 0 Å². The molecule has 0 radical (unpaired) electrons. The SMILES string of the molecule is O=C1[C@@H]2C[C@@H]3C(=CC[C@@H]4C(=O)N(c5cccc(B(O)O)c5)C(=O)[C@@H]43)[C@H](c3cccc(O)c3)[C@]2(c2ccc(Cl)cc2)C(=O)N1Nc1ncc(C(F)(F)F)cc1Cl. The number of benzene rings is 3. The first-order valence-electron chi connectivity index (χ1n) is 17.1. The zero-order valence-electron chi connectivity index (χ0n) is 28.2. The second-order valence-corrected chi connectivity index (χ2v) is 14.8. The Balaban J connectivity index is 1.29. The number of rotatable bonds is 6. The van der Waals surface area contributed by atoms with Crippen LogP contribution in [-0.2, 0) is 30.8 Å². The maximum absolute atomic E-state index is 15.2. The molecule has 4 N–H and O–H groups in total. The lowest BCUT2D eigenvalue weighted by molar-refractivity contribution is -0.139. The minimum absolute atomic E-state index is 0.0615. The van der Waals surface area contributed by atoms with Crippen LogP contribution >= 0.6 is 23.2 Å². The fourth-order valence-corrected chi connectivity index (χ4v) is 9.28. The van der Waals surface area contributed by atoms with Gasteiger partial charge in [0.2, 0.25) is 11.8 Å². The van der Waals surface area contributed by atoms with E-state index in [2.05, 4.69) is 10.4 Å². The topological polar surface area (TPSA) is 160 Å². The van der Waals surface area contributed by atoms with Crippen LogP contribution in [0.4, 0.5) is 24.7 Å². The van der Waals surface area contributed by atoms with Gasteiger partial charge in [0.1, 0.15) is 5.75 Å². The molecule has 55 heavy (non-hydrogen) atoms. The molecule has 4 amide bonds. The lowest BCUT2D eigenvalue weighted by Gasteiger charge is -2.50. The molecular formula is C38H28BCl2F3N4O7. The number of hydrogen-bond acceptors (Lipinski definition) is 9. The lowest BCUT2D eigenvalue weighted by atomic mass is 9.49. The second-order valence-electron chi connectivity index (χ2n) is 14.0. The smallest absolute Gasteiger partial charge is 0.488 e. The van der Waals surface area contributed by atoms with Crippen molar-refractivity contribution in [3.8, 4) is 5.75 Å². The molecule has 3 fully saturated rings. The number of amides is 4. The number of imide groups is 2. The number of hydrazine groups is 1. The summed E-state index contributed by atoms with van der Waals surface area (Å²) < 4.78 is 40.4. The van der Waals surface area contributed by atoms with Crippen molar-refractivity contribution in [3.63, 3.8) is 0 Å². The Kier molecular flexibility index (Phi) is 8.83. The van der Waals surface area contributed by atoms with Gasteiger partial charge in [-0.1, -0.05) is 71.2 Å². The molecule has 4 aromatic rings. The molecule has 2 saturated heterocycles. The zero-order chi connectivity index (χ0) is 39.1. The van der Waals surface area contributed by atoms with E-state index in [9.17, 15) is 42.7 Å². The number of phenolic OH excluding ortho intramolecular Hbond substituents is 1. The number of halogens is 5. The number of nitrogens with zero attached hydrogens (tertiary/aromatic N) is 3. The van der Waals surface area contributed by atoms with Crippen LogP contribution < -0.4 is 15.8 Å². The van der Waals surface area contributed by atoms with Crippen LogP contribution in [0.2, 0.25) is 10.0 Å². The summed E-state index contributed by atoms with van der Waals surface area (Å²) in [4.78, 5) is 63.3. The number of carbonyl (C=O) groups excluding carboxylic acids is 4. The molecule has 0 spiro atoms. The van der Waals surface area contributed by atoms with Crippen LogP contribution in [0.5, 0.6) is 5.75 Å². The highest BCUT2D eigenvalue weighted by Gasteiger charge is 2.70. The average molecular weight is 791 g/mol. The van der Waals surface area contributed by atoms with Crippen LogP contribution in [-0.4, -0.2) is 55.9 Å². The first-order valence-corrected chi connectivity index (χ1v) is 17.8. The van der Waals surface area contributed by atoms with Gasteiger partial charge in [-0.25, -0.2) is 4.98 Å². The number of alkyl halides is 3. The average Bonchev–Trinajstić information content (AvgIpc) is 3.52. The van der Waals surface area contributed by atoms with E-state index in [1.165, 1.54) is 36.4 Å². The Bertz CT molecular complexity index is 2330. The highest BCUT2D eigenvalue weighted by atomic mass is 35.5. The van der Waals surface area contributed by atoms with Gasteiger partial charge in [-0.3, -0.25) is 29.5 Å². The number of phenols is 1. The number of nitrogens with one attached hydrogen (secondary N) is 1. The molecule has 17 heteroatoms. The number of fused-ring (bicyclic) bond motifs is 4. The molecule has 1 aromatic heterocycles. The van der Waals surface area contributed by atoms with E-state index in [4.69, 9.17) is 23.2 Å². The Morgan fingerprint density at radius 1 is 0.891 bits per heavy atom. The van der Waals surface area contributed by atoms with Gasteiger partial charge in [0.15, 0.2) is 5.82 Å². The number of hydrogen-bond donors (Lipinski definition) is 4. The van der Waals surface area contributed by atoms with Crippen LogP contribution in [0.1, 0.15) is 35.4 Å². The third-order valence-corrected chi connectivity index (χ3v) is 11.7. The van der Waals surface area contributed by atoms with E-state index < -0.39 is 88.3 Å². The molecule has 1 saturated carbocycles. The van der Waals surface area contributed by atoms with Gasteiger partial charge >= 0.3 is 13.3 Å². The van der Waals surface area contributed by atoms with Crippen LogP contribution in [0.3, 0.4) is 0 Å². The first-order chi connectivity index (χ1) is 26.1. The van der Waals surface area contributed by atoms with Crippen molar-refractivity contribution in [2.24, 2.45) is 23.7 Å². The molecule has 0 unspecified atom stereocenters. The minimum atomic E-state index is -4.77. The molecule has 3 heterocycles. The highest BCUT2D eigenvalue weighted by Crippen LogP contribution is 2.64. The summed E-state index contributed by atoms with van der Waals surface area (Å²) in [5.41, 5.74) is 1.22. The van der Waals surface area contributed by atoms with Crippen molar-refractivity contribution in [2.75, 3.05) is 10.3 Å². The predicted molar refractivity (Wildman–Crippen MR) is 194 cm³/mol. The maximum Gasteiger partial charge on any atom is 0.488 e. The fraction of sp³-hybridized carbons (Fsp3) is 0.237. The van der Waals surface area contributed by atoms with Crippen LogP contribution in [0.15, 0.2) is 96.7 Å². The minimum Gasteiger partial charge on any atom is -0.508 e. The second kappa shape index (κ2) is 13.2. The van der Waals surface area contributed by atoms with Gasteiger partial charge in [0, 0.05) is 17.1 Å². The Morgan fingerprint density at radius 2 is 1.62 bits per heavy atom. The molecule has 280 valence electrons. The molecule has 2 aliphatic carbocycles. The van der Waals surface area contributed by atoms with Crippen molar-refractivity contribution in [1.29, 1.82) is 0 Å². The van der Waals surface area contributed by atoms with E-state index in [0.29, 0.717) is 39.0 Å². The number of carbonyl (C=O) groups is 4. The quantitative estimate of drug-likeness (QED) is 0.120. The van der Waals surface area contributed by atoms with E-state index >= 15 is 4.79 Å². The third kappa shape index (κ3) is 5.71. The van der Waals surface area contributed by atoms with Crippen molar-refractivity contribution in [1.82, 2.24) is 9.99 Å². The van der Waals surface area contributed by atoms with Crippen molar-refractivity contribution in [3.05, 3.63) is 123 Å². The number of pyridine rings is 1. The Morgan fingerprint density at radius 3 is 2.29 bits per heavy atom. The molecule has 3 aromatic carbocycles. The summed E-state index contributed by atoms with van der Waals surface area (Å²) in [6, 6.07) is 18.8. The number of aromatic nitrogens is 1. The molecule has 8 rings (SSSR count). The molecule has 6 atom stereocenters. The maximum atomic E-state index is 15.2. The largest absolute Gasteiger partial charge is 0.508 e. The summed E-state index contributed by atoms with van der Waals surface area (Å²) in [7, 11) is -1.86. The summed E-state index contributed by atoms with van der Waals surface area (Å²) in [5, 5.41) is 30.8. The summed E-state index contributed by atoms with van der Waals surface area (Å²) in [6.07, 6.45) is -2.47. The van der Waals surface area contributed by atoms with Gasteiger partial charge in [-0.2, -0.15) is 18.2 Å². The van der Waals surface area contributed by atoms with Gasteiger partial charge in [0.25, 0.3) is 11.8 Å². The normalized spacial score (nSPS) is 26.1. The van der Waals surface area contributed by atoms with Crippen LogP contribution in [0, 0.1) is 23.7 Å². The molecular weight excluding hydrogens is 763 g/mol. The zero-order valence-corrected chi connectivity index (χ0v) is 29.8. The van der Waals surface area contributed by atoms with Crippen molar-refractivity contribution >= 4 is 70.9 Å². The van der Waals surface area contributed by atoms with E-state index in [0.717, 1.165) is 4.90 Å². The first kappa shape index (κ1) is 36.7. The van der Waals surface area contributed by atoms with Crippen molar-refractivity contribution in [2.45, 2.75) is 30.4 Å². The monoisotopic (exact) mass is 790 g/mol. The van der Waals surface area contributed by atoms with Gasteiger partial charge in [0.05, 0.1) is 39.4 Å². The molecule has 4 aliphatic rings. The molecule has 11 nitrogen and oxygen atoms in total. The highest BCUT2D eigenvalue weighted by molar-refractivity contribution is 6.58. The van der Waals surface area contributed by atoms with Gasteiger partial charge in [-0.05, 0) is 77.8 Å². The van der Waals surface area contributed by atoms with Crippen molar-refractivity contribution < 1.29 is 47.5 Å². The number of aromatic hydroxyl groups is 1. The molecule has 2 aliphatic heterocycles. The van der Waals surface area contributed by atoms with Crippen LogP contribution in [0.25, 0.3) is 0 Å². The van der Waals surface area contributed by atoms with Gasteiger partial charge in [-0.15, -0.1) is 0 Å². The summed E-state index contributed by atoms with van der Waals surface area (Å²) in [6.45, 7) is 0.